The molecule has 3 N–H and O–H groups in total. The third kappa shape index (κ3) is 5.37. The minimum Gasteiger partial charge on any atom is -0.396 e. The SMILES string of the molecule is CCCC(=O)Nc1nc(Cl)nc2c1ncn2[C@@H]1O[C@H](COP(C)(=O)OCC)C(O)[C@]1(C)CO. The topological polar surface area (TPSA) is 158 Å². The van der Waals surface area contributed by atoms with Gasteiger partial charge in [0.05, 0.1) is 37.7 Å². The fraction of sp³-hybridized carbons (Fsp3) is 0.684. The summed E-state index contributed by atoms with van der Waals surface area (Å²) < 4.78 is 30.3. The predicted octanol–water partition coefficient (Wildman–Crippen LogP) is 2.35. The monoisotopic (exact) mass is 505 g/mol. The molecule has 0 aromatic carbocycles. The molecule has 0 saturated carbocycles. The maximum Gasteiger partial charge on any atom is 0.327 e. The Morgan fingerprint density at radius 1 is 1.39 bits per heavy atom. The van der Waals surface area contributed by atoms with Crippen LogP contribution in [0.5, 0.6) is 0 Å². The number of carbonyl (C=O) groups is 1. The summed E-state index contributed by atoms with van der Waals surface area (Å²) in [6.45, 7) is 6.07. The first-order valence-electron chi connectivity index (χ1n) is 10.6. The smallest absolute Gasteiger partial charge is 0.327 e. The van der Waals surface area contributed by atoms with Crippen LogP contribution in [0.4, 0.5) is 5.82 Å². The Morgan fingerprint density at radius 3 is 2.76 bits per heavy atom. The second-order valence-corrected chi connectivity index (χ2v) is 10.5. The van der Waals surface area contributed by atoms with Crippen LogP contribution in [-0.4, -0.2) is 74.3 Å². The van der Waals surface area contributed by atoms with Gasteiger partial charge in [0.1, 0.15) is 12.3 Å². The van der Waals surface area contributed by atoms with Gasteiger partial charge in [-0.15, -0.1) is 0 Å². The van der Waals surface area contributed by atoms with Gasteiger partial charge in [0.2, 0.25) is 11.2 Å². The van der Waals surface area contributed by atoms with Gasteiger partial charge in [-0.1, -0.05) is 13.8 Å². The number of aliphatic hydroxyl groups excluding tert-OH is 2. The van der Waals surface area contributed by atoms with Crippen molar-refractivity contribution in [1.82, 2.24) is 19.5 Å². The van der Waals surface area contributed by atoms with Gasteiger partial charge in [-0.2, -0.15) is 9.97 Å². The number of ether oxygens (including phenoxy) is 1. The molecule has 1 fully saturated rings. The maximum absolute atomic E-state index is 12.3. The molecule has 2 aromatic heterocycles. The molecule has 12 nitrogen and oxygen atoms in total. The third-order valence-electron chi connectivity index (χ3n) is 5.45. The zero-order valence-corrected chi connectivity index (χ0v) is 20.5. The number of anilines is 1. The van der Waals surface area contributed by atoms with E-state index in [1.165, 1.54) is 17.6 Å². The first-order valence-corrected chi connectivity index (χ1v) is 12.9. The number of halogens is 1. The summed E-state index contributed by atoms with van der Waals surface area (Å²) in [6.07, 6.45) is -0.654. The van der Waals surface area contributed by atoms with Crippen molar-refractivity contribution in [3.05, 3.63) is 11.6 Å². The normalized spacial score (nSPS) is 27.1. The number of amides is 1. The largest absolute Gasteiger partial charge is 0.396 e. The highest BCUT2D eigenvalue weighted by molar-refractivity contribution is 7.52. The average molecular weight is 506 g/mol. The van der Waals surface area contributed by atoms with Crippen molar-refractivity contribution in [2.24, 2.45) is 5.41 Å². The molecule has 1 amide bonds. The van der Waals surface area contributed by atoms with Gasteiger partial charge >= 0.3 is 7.60 Å². The van der Waals surface area contributed by atoms with Gasteiger partial charge < -0.3 is 29.3 Å². The van der Waals surface area contributed by atoms with Crippen LogP contribution >= 0.6 is 19.2 Å². The molecule has 0 aliphatic carbocycles. The van der Waals surface area contributed by atoms with Gasteiger partial charge in [0, 0.05) is 13.1 Å². The Morgan fingerprint density at radius 2 is 2.12 bits per heavy atom. The average Bonchev–Trinajstić information content (AvgIpc) is 3.26. The fourth-order valence-corrected chi connectivity index (χ4v) is 4.83. The van der Waals surface area contributed by atoms with Gasteiger partial charge in [-0.05, 0) is 24.9 Å². The molecular formula is C19H29ClN5O7P. The number of carbonyl (C=O) groups excluding carboxylic acids is 1. The molecule has 1 aliphatic rings. The Hall–Kier alpha value is -1.66. The second-order valence-electron chi connectivity index (χ2n) is 8.08. The van der Waals surface area contributed by atoms with E-state index >= 15 is 0 Å². The van der Waals surface area contributed by atoms with E-state index < -0.39 is 38.1 Å². The van der Waals surface area contributed by atoms with Gasteiger partial charge in [0.15, 0.2) is 17.0 Å². The number of rotatable bonds is 10. The van der Waals surface area contributed by atoms with Crippen LogP contribution in [0.15, 0.2) is 6.33 Å². The van der Waals surface area contributed by atoms with Crippen LogP contribution < -0.4 is 5.32 Å². The summed E-state index contributed by atoms with van der Waals surface area (Å²) >= 11 is 6.09. The highest BCUT2D eigenvalue weighted by atomic mass is 35.5. The molecule has 14 heteroatoms. The number of nitrogens with one attached hydrogen (secondary N) is 1. The molecule has 5 atom stereocenters. The molecule has 1 aliphatic heterocycles. The van der Waals surface area contributed by atoms with Crippen molar-refractivity contribution in [3.8, 4) is 0 Å². The van der Waals surface area contributed by atoms with E-state index in [-0.39, 0.29) is 41.4 Å². The molecule has 2 aromatic rings. The number of aliphatic hydroxyl groups is 2. The summed E-state index contributed by atoms with van der Waals surface area (Å²) in [4.78, 5) is 24.7. The van der Waals surface area contributed by atoms with Crippen molar-refractivity contribution in [3.63, 3.8) is 0 Å². The van der Waals surface area contributed by atoms with Crippen molar-refractivity contribution in [2.75, 3.05) is 31.8 Å². The first kappa shape index (κ1) is 26.0. The highest BCUT2D eigenvalue weighted by Gasteiger charge is 2.54. The number of nitrogens with zero attached hydrogens (tertiary/aromatic N) is 4. The molecule has 0 radical (unpaired) electrons. The van der Waals surface area contributed by atoms with E-state index in [1.807, 2.05) is 6.92 Å². The molecule has 0 bridgehead atoms. The van der Waals surface area contributed by atoms with E-state index in [2.05, 4.69) is 20.3 Å². The lowest BCUT2D eigenvalue weighted by molar-refractivity contribution is -0.116. The van der Waals surface area contributed by atoms with Crippen LogP contribution in [0.2, 0.25) is 5.28 Å². The molecule has 3 heterocycles. The lowest BCUT2D eigenvalue weighted by Gasteiger charge is -2.31. The van der Waals surface area contributed by atoms with Crippen LogP contribution in [0.1, 0.15) is 39.8 Å². The Kier molecular flexibility index (Phi) is 8.11. The van der Waals surface area contributed by atoms with Crippen molar-refractivity contribution in [2.45, 2.75) is 52.0 Å². The quantitative estimate of drug-likeness (QED) is 0.323. The lowest BCUT2D eigenvalue weighted by Crippen LogP contribution is -2.41. The van der Waals surface area contributed by atoms with E-state index in [1.54, 1.807) is 13.8 Å². The van der Waals surface area contributed by atoms with Crippen LogP contribution in [0.25, 0.3) is 11.2 Å². The van der Waals surface area contributed by atoms with Gasteiger partial charge in [-0.25, -0.2) is 4.98 Å². The zero-order valence-electron chi connectivity index (χ0n) is 18.9. The molecule has 2 unspecified atom stereocenters. The minimum absolute atomic E-state index is 0.121. The van der Waals surface area contributed by atoms with E-state index in [0.29, 0.717) is 12.8 Å². The van der Waals surface area contributed by atoms with Gasteiger partial charge in [0.25, 0.3) is 0 Å². The number of hydrogen-bond donors (Lipinski definition) is 3. The zero-order chi connectivity index (χ0) is 24.4. The first-order chi connectivity index (χ1) is 15.6. The molecule has 0 spiro atoms. The molecule has 1 saturated heterocycles. The molecule has 33 heavy (non-hydrogen) atoms. The fourth-order valence-electron chi connectivity index (χ4n) is 3.70. The van der Waals surface area contributed by atoms with Gasteiger partial charge in [-0.3, -0.25) is 13.9 Å². The van der Waals surface area contributed by atoms with Crippen LogP contribution in [-0.2, 0) is 23.1 Å². The Balaban J connectivity index is 1.94. The summed E-state index contributed by atoms with van der Waals surface area (Å²) in [5, 5.41) is 23.6. The minimum atomic E-state index is -3.32. The predicted molar refractivity (Wildman–Crippen MR) is 120 cm³/mol. The summed E-state index contributed by atoms with van der Waals surface area (Å²) in [5.41, 5.74) is -0.666. The number of aromatic nitrogens is 4. The summed E-state index contributed by atoms with van der Waals surface area (Å²) in [5.74, 6) is -0.0960. The van der Waals surface area contributed by atoms with Crippen LogP contribution in [0.3, 0.4) is 0 Å². The standard InChI is InChI=1S/C19H29ClN5O7P/c1-5-7-12(27)22-15-13-16(24-18(20)23-15)25(10-21-13)17-19(3,9-26)14(28)11(32-17)8-31-33(4,29)30-6-2/h10-11,14,17,26,28H,5-9H2,1-4H3,(H,22,23,24,27)/t11-,14?,17-,19+,33?/m1/s1. The highest BCUT2D eigenvalue weighted by Crippen LogP contribution is 2.49. The maximum atomic E-state index is 12.3. The van der Waals surface area contributed by atoms with Crippen molar-refractivity contribution >= 4 is 42.1 Å². The summed E-state index contributed by atoms with van der Waals surface area (Å²) in [7, 11) is -3.32. The summed E-state index contributed by atoms with van der Waals surface area (Å²) in [6, 6.07) is 0. The molecule has 3 rings (SSSR count). The van der Waals surface area contributed by atoms with Crippen molar-refractivity contribution < 1.29 is 33.4 Å². The van der Waals surface area contributed by atoms with E-state index in [4.69, 9.17) is 25.4 Å². The lowest BCUT2D eigenvalue weighted by atomic mass is 9.83. The van der Waals surface area contributed by atoms with E-state index in [9.17, 15) is 19.6 Å². The van der Waals surface area contributed by atoms with Crippen LogP contribution in [0, 0.1) is 5.41 Å². The number of imidazole rings is 1. The van der Waals surface area contributed by atoms with E-state index in [0.717, 1.165) is 0 Å². The Labute approximate surface area is 196 Å². The number of hydrogen-bond acceptors (Lipinski definition) is 10. The van der Waals surface area contributed by atoms with Crippen molar-refractivity contribution in [1.29, 1.82) is 0 Å². The third-order valence-corrected chi connectivity index (χ3v) is 6.97. The molecule has 184 valence electrons. The Bertz CT molecular complexity index is 1050. The number of fused-ring (bicyclic) bond motifs is 1. The molecular weight excluding hydrogens is 477 g/mol. The second kappa shape index (κ2) is 10.3.